The summed E-state index contributed by atoms with van der Waals surface area (Å²) in [5.41, 5.74) is 2.33. The van der Waals surface area contributed by atoms with Crippen LogP contribution >= 0.6 is 24.0 Å². The minimum atomic E-state index is 0. The van der Waals surface area contributed by atoms with E-state index in [1.54, 1.807) is 6.20 Å². The predicted octanol–water partition coefficient (Wildman–Crippen LogP) is 2.83. The second-order valence-corrected chi connectivity index (χ2v) is 7.57. The van der Waals surface area contributed by atoms with Crippen LogP contribution in [0.3, 0.4) is 0 Å². The topological polar surface area (TPSA) is 66.7 Å². The van der Waals surface area contributed by atoms with Crippen LogP contribution in [0.5, 0.6) is 0 Å². The molecule has 1 saturated heterocycles. The van der Waals surface area contributed by atoms with Crippen LogP contribution in [0.1, 0.15) is 31.4 Å². The van der Waals surface area contributed by atoms with Gasteiger partial charge in [-0.05, 0) is 57.6 Å². The molecule has 1 atom stereocenters. The maximum absolute atomic E-state index is 5.56. The summed E-state index contributed by atoms with van der Waals surface area (Å²) in [6.45, 7) is 4.60. The van der Waals surface area contributed by atoms with Crippen LogP contribution in [-0.2, 0) is 4.74 Å². The van der Waals surface area contributed by atoms with Crippen molar-refractivity contribution in [3.05, 3.63) is 48.3 Å². The smallest absolute Gasteiger partial charge is 0.191 e. The van der Waals surface area contributed by atoms with Gasteiger partial charge in [-0.3, -0.25) is 4.99 Å². The first-order chi connectivity index (χ1) is 13.5. The first-order valence-electron chi connectivity index (χ1n) is 9.86. The molecule has 1 fully saturated rings. The number of benzene rings is 1. The Hall–Kier alpha value is -1.65. The van der Waals surface area contributed by atoms with Gasteiger partial charge in [0.05, 0.1) is 11.7 Å². The number of aliphatic imine (C=N–C) groups is 1. The minimum absolute atomic E-state index is 0. The molecule has 1 unspecified atom stereocenters. The second kappa shape index (κ2) is 10.9. The largest absolute Gasteiger partial charge is 0.381 e. The third kappa shape index (κ3) is 5.93. The van der Waals surface area contributed by atoms with E-state index in [2.05, 4.69) is 70.9 Å². The Morgan fingerprint density at radius 3 is 2.69 bits per heavy atom. The molecule has 1 aromatic carbocycles. The zero-order chi connectivity index (χ0) is 20.0. The van der Waals surface area contributed by atoms with E-state index in [1.807, 2.05) is 24.0 Å². The quantitative estimate of drug-likeness (QED) is 0.354. The molecule has 0 bridgehead atoms. The molecule has 3 rings (SSSR count). The molecule has 160 valence electrons. The van der Waals surface area contributed by atoms with Gasteiger partial charge in [-0.1, -0.05) is 12.1 Å². The van der Waals surface area contributed by atoms with E-state index < -0.39 is 0 Å². The SMILES string of the molecule is CN=C(NCC1(N(C)C)CCOCC1)NC(C)c1cccc(-n2cccn2)c1.I. The number of rotatable bonds is 6. The lowest BCUT2D eigenvalue weighted by Gasteiger charge is -2.43. The molecule has 0 spiro atoms. The van der Waals surface area contributed by atoms with Crippen LogP contribution in [-0.4, -0.2) is 67.1 Å². The third-order valence-corrected chi connectivity index (χ3v) is 5.67. The average Bonchev–Trinajstić information content (AvgIpc) is 3.26. The van der Waals surface area contributed by atoms with Crippen LogP contribution in [0.4, 0.5) is 0 Å². The molecule has 8 heteroatoms. The summed E-state index contributed by atoms with van der Waals surface area (Å²) in [4.78, 5) is 6.74. The summed E-state index contributed by atoms with van der Waals surface area (Å²) in [6, 6.07) is 10.4. The number of nitrogens with zero attached hydrogens (tertiary/aromatic N) is 4. The van der Waals surface area contributed by atoms with Crippen molar-refractivity contribution in [1.29, 1.82) is 0 Å². The summed E-state index contributed by atoms with van der Waals surface area (Å²) in [6.07, 6.45) is 5.78. The van der Waals surface area contributed by atoms with Gasteiger partial charge in [0, 0.05) is 44.7 Å². The highest BCUT2D eigenvalue weighted by Crippen LogP contribution is 2.25. The lowest BCUT2D eigenvalue weighted by atomic mass is 9.88. The van der Waals surface area contributed by atoms with Crippen LogP contribution in [0.15, 0.2) is 47.7 Å². The Morgan fingerprint density at radius 1 is 1.31 bits per heavy atom. The Kier molecular flexibility index (Phi) is 8.91. The molecule has 1 aromatic heterocycles. The molecule has 7 nitrogen and oxygen atoms in total. The van der Waals surface area contributed by atoms with Crippen molar-refractivity contribution in [2.45, 2.75) is 31.3 Å². The fourth-order valence-corrected chi connectivity index (χ4v) is 3.62. The normalized spacial score (nSPS) is 17.5. The number of halogens is 1. The van der Waals surface area contributed by atoms with Crippen LogP contribution in [0.25, 0.3) is 5.69 Å². The summed E-state index contributed by atoms with van der Waals surface area (Å²) in [5.74, 6) is 0.810. The zero-order valence-electron chi connectivity index (χ0n) is 17.8. The van der Waals surface area contributed by atoms with Crippen molar-refractivity contribution >= 4 is 29.9 Å². The second-order valence-electron chi connectivity index (χ2n) is 7.57. The highest BCUT2D eigenvalue weighted by molar-refractivity contribution is 14.0. The molecule has 2 N–H and O–H groups in total. The number of aromatic nitrogens is 2. The number of guanidine groups is 1. The third-order valence-electron chi connectivity index (χ3n) is 5.67. The van der Waals surface area contributed by atoms with Crippen LogP contribution in [0, 0.1) is 0 Å². The lowest BCUT2D eigenvalue weighted by Crippen LogP contribution is -2.57. The molecule has 29 heavy (non-hydrogen) atoms. The van der Waals surface area contributed by atoms with Gasteiger partial charge < -0.3 is 20.3 Å². The molecule has 0 saturated carbocycles. The molecule has 2 heterocycles. The Balaban J connectivity index is 0.00000300. The Morgan fingerprint density at radius 2 is 2.07 bits per heavy atom. The van der Waals surface area contributed by atoms with Crippen molar-refractivity contribution in [1.82, 2.24) is 25.3 Å². The van der Waals surface area contributed by atoms with Crippen LogP contribution in [0.2, 0.25) is 0 Å². The van der Waals surface area contributed by atoms with Crippen LogP contribution < -0.4 is 10.6 Å². The van der Waals surface area contributed by atoms with E-state index >= 15 is 0 Å². The van der Waals surface area contributed by atoms with Gasteiger partial charge >= 0.3 is 0 Å². The standard InChI is InChI=1S/C21H32N6O.HI/c1-17(18-7-5-8-19(15-18)27-12-6-11-24-27)25-20(22-2)23-16-21(26(3)4)9-13-28-14-10-21;/h5-8,11-12,15,17H,9-10,13-14,16H2,1-4H3,(H2,22,23,25);1H. The summed E-state index contributed by atoms with van der Waals surface area (Å²) in [5, 5.41) is 11.4. The van der Waals surface area contributed by atoms with Gasteiger partial charge in [-0.15, -0.1) is 24.0 Å². The molecule has 1 aliphatic heterocycles. The monoisotopic (exact) mass is 512 g/mol. The van der Waals surface area contributed by atoms with Crippen molar-refractivity contribution in [2.75, 3.05) is 40.9 Å². The predicted molar refractivity (Wildman–Crippen MR) is 128 cm³/mol. The van der Waals surface area contributed by atoms with E-state index in [0.717, 1.165) is 44.2 Å². The Bertz CT molecular complexity index is 771. The minimum Gasteiger partial charge on any atom is -0.381 e. The van der Waals surface area contributed by atoms with Gasteiger partial charge in [0.2, 0.25) is 0 Å². The van der Waals surface area contributed by atoms with E-state index in [9.17, 15) is 0 Å². The number of hydrogen-bond donors (Lipinski definition) is 2. The summed E-state index contributed by atoms with van der Waals surface area (Å²) >= 11 is 0. The zero-order valence-corrected chi connectivity index (χ0v) is 20.1. The Labute approximate surface area is 190 Å². The van der Waals surface area contributed by atoms with Crippen molar-refractivity contribution in [3.8, 4) is 5.69 Å². The molecular weight excluding hydrogens is 479 g/mol. The maximum atomic E-state index is 5.56. The van der Waals surface area contributed by atoms with E-state index in [4.69, 9.17) is 4.74 Å². The van der Waals surface area contributed by atoms with Crippen molar-refractivity contribution < 1.29 is 4.74 Å². The molecule has 0 radical (unpaired) electrons. The number of nitrogens with one attached hydrogen (secondary N) is 2. The first kappa shape index (κ1) is 23.6. The van der Waals surface area contributed by atoms with Crippen molar-refractivity contribution in [2.24, 2.45) is 4.99 Å². The van der Waals surface area contributed by atoms with Gasteiger partial charge in [-0.25, -0.2) is 4.68 Å². The number of ether oxygens (including phenoxy) is 1. The molecule has 0 aliphatic carbocycles. The fraction of sp³-hybridized carbons (Fsp3) is 0.524. The van der Waals surface area contributed by atoms with E-state index in [-0.39, 0.29) is 35.6 Å². The maximum Gasteiger partial charge on any atom is 0.191 e. The van der Waals surface area contributed by atoms with Gasteiger partial charge in [-0.2, -0.15) is 5.10 Å². The number of hydrogen-bond acceptors (Lipinski definition) is 4. The first-order valence-corrected chi connectivity index (χ1v) is 9.86. The molecule has 2 aromatic rings. The van der Waals surface area contributed by atoms with Gasteiger partial charge in [0.1, 0.15) is 0 Å². The summed E-state index contributed by atoms with van der Waals surface area (Å²) < 4.78 is 7.44. The van der Waals surface area contributed by atoms with E-state index in [1.165, 1.54) is 5.56 Å². The summed E-state index contributed by atoms with van der Waals surface area (Å²) in [7, 11) is 6.10. The number of likely N-dealkylation sites (N-methyl/N-ethyl adjacent to an activating group) is 1. The highest BCUT2D eigenvalue weighted by atomic mass is 127. The van der Waals surface area contributed by atoms with Crippen molar-refractivity contribution in [3.63, 3.8) is 0 Å². The molecule has 1 aliphatic rings. The average molecular weight is 512 g/mol. The fourth-order valence-electron chi connectivity index (χ4n) is 3.62. The van der Waals surface area contributed by atoms with E-state index in [0.29, 0.717) is 0 Å². The van der Waals surface area contributed by atoms with Gasteiger partial charge in [0.25, 0.3) is 0 Å². The highest BCUT2D eigenvalue weighted by Gasteiger charge is 2.34. The molecule has 0 amide bonds. The van der Waals surface area contributed by atoms with Gasteiger partial charge in [0.15, 0.2) is 5.96 Å². The molecular formula is C21H33IN6O. The lowest BCUT2D eigenvalue weighted by molar-refractivity contribution is -0.00502.